The summed E-state index contributed by atoms with van der Waals surface area (Å²) in [6.07, 6.45) is 0.570. The molecule has 5 fully saturated rings. The van der Waals surface area contributed by atoms with Crippen LogP contribution in [0.15, 0.2) is 0 Å². The normalized spacial score (nSPS) is 34.7. The molecule has 0 aromatic heterocycles. The molecule has 0 unspecified atom stereocenters. The first-order chi connectivity index (χ1) is 21.7. The van der Waals surface area contributed by atoms with E-state index in [1.54, 1.807) is 0 Å². The summed E-state index contributed by atoms with van der Waals surface area (Å²) in [6, 6.07) is 0. The molecule has 14 heteroatoms. The Labute approximate surface area is 292 Å². The molecule has 5 aliphatic heterocycles. The second kappa shape index (κ2) is 12.5. The van der Waals surface area contributed by atoms with Gasteiger partial charge in [0.25, 0.3) is 0 Å². The van der Waals surface area contributed by atoms with Crippen LogP contribution in [0.25, 0.3) is 0 Å². The Morgan fingerprint density at radius 1 is 0.458 bits per heavy atom. The van der Waals surface area contributed by atoms with Crippen LogP contribution in [0.2, 0.25) is 0 Å². The Bertz CT molecular complexity index is 1150. The van der Waals surface area contributed by atoms with Gasteiger partial charge in [-0.2, -0.15) is 0 Å². The van der Waals surface area contributed by atoms with Gasteiger partial charge in [0.2, 0.25) is 0 Å². The Balaban J connectivity index is 1.47. The molecule has 5 rings (SSSR count). The Hall–Kier alpha value is 0.380. The molecule has 0 N–H and O–H groups in total. The molecular formula is C34H70N4O8P2. The molecule has 0 saturated carbocycles. The van der Waals surface area contributed by atoms with Crippen LogP contribution in [0.4, 0.5) is 0 Å². The van der Waals surface area contributed by atoms with Crippen molar-refractivity contribution in [1.82, 2.24) is 19.1 Å². The van der Waals surface area contributed by atoms with E-state index >= 15 is 0 Å². The number of hydrogen-bond donors (Lipinski definition) is 0. The average Bonchev–Trinajstić information content (AvgIpc) is 3.39. The van der Waals surface area contributed by atoms with Gasteiger partial charge >= 0.3 is 293 Å². The van der Waals surface area contributed by atoms with Gasteiger partial charge in [0.1, 0.15) is 0 Å². The number of rotatable bonds is 0. The maximum atomic E-state index is 7.10. The SMILES string of the molecule is CC1(C)CN2CC(C)(C)OP23(CCOCCN(C(C)(C)C)CCOP24(OCCN(C(C)(C)C)CCO3)OC(C)(C)CN2CC(C)(C)O4)O1. The van der Waals surface area contributed by atoms with Crippen molar-refractivity contribution in [2.24, 2.45) is 0 Å². The molecule has 48 heavy (non-hydrogen) atoms. The van der Waals surface area contributed by atoms with E-state index < -0.39 is 26.3 Å². The van der Waals surface area contributed by atoms with Gasteiger partial charge in [-0.3, -0.25) is 0 Å². The van der Waals surface area contributed by atoms with Crippen LogP contribution in [0.1, 0.15) is 96.9 Å². The fourth-order valence-corrected chi connectivity index (χ4v) is 18.2. The summed E-state index contributed by atoms with van der Waals surface area (Å²) in [7, 11) is -7.85. The zero-order valence-electron chi connectivity index (χ0n) is 32.8. The third kappa shape index (κ3) is 7.84. The molecule has 12 nitrogen and oxygen atoms in total. The van der Waals surface area contributed by atoms with Crippen molar-refractivity contribution in [2.75, 3.05) is 91.6 Å². The molecule has 0 amide bonds. The van der Waals surface area contributed by atoms with Gasteiger partial charge in [0, 0.05) is 0 Å². The maximum absolute atomic E-state index is 7.10. The van der Waals surface area contributed by atoms with E-state index in [9.17, 15) is 0 Å². The van der Waals surface area contributed by atoms with Gasteiger partial charge in [-0.1, -0.05) is 0 Å². The van der Waals surface area contributed by atoms with E-state index in [1.807, 2.05) is 0 Å². The fourth-order valence-electron chi connectivity index (χ4n) is 8.29. The molecule has 284 valence electrons. The van der Waals surface area contributed by atoms with Gasteiger partial charge in [-0.25, -0.2) is 0 Å². The summed E-state index contributed by atoms with van der Waals surface area (Å²) < 4.78 is 60.0. The first kappa shape index (κ1) is 39.6. The molecule has 0 aromatic rings. The zero-order chi connectivity index (χ0) is 35.8. The van der Waals surface area contributed by atoms with E-state index in [2.05, 4.69) is 116 Å². The summed E-state index contributed by atoms with van der Waals surface area (Å²) in [6.45, 7) is 38.2. The molecule has 0 radical (unpaired) electrons. The van der Waals surface area contributed by atoms with Crippen LogP contribution in [0, 0.1) is 0 Å². The molecule has 5 aliphatic rings. The summed E-state index contributed by atoms with van der Waals surface area (Å²) in [5.74, 6) is 0. The second-order valence-electron chi connectivity index (χ2n) is 19.0. The molecular weight excluding hydrogens is 654 g/mol. The summed E-state index contributed by atoms with van der Waals surface area (Å²) in [4.78, 5) is 4.80. The van der Waals surface area contributed by atoms with Crippen LogP contribution in [0.3, 0.4) is 0 Å². The monoisotopic (exact) mass is 724 g/mol. The van der Waals surface area contributed by atoms with Crippen LogP contribution < -0.4 is 0 Å². The fraction of sp³-hybridized carbons (Fsp3) is 1.00. The van der Waals surface area contributed by atoms with Crippen molar-refractivity contribution in [3.8, 4) is 0 Å². The van der Waals surface area contributed by atoms with Crippen molar-refractivity contribution in [2.45, 2.75) is 130 Å². The standard InChI is InChI=1S/C34H70N4O8P2/c1-29(2,3)35-15-19-39-23-24-47(37(25-31(7,8)43-47)26-32(9,10)44-47)40-20-16-36(30(4,5)6)18-22-42-48(41-21-17-35)38(27-33(11,12)45-48)28-34(13,14)46-48/h15-28H2,1-14H3. The number of hydrogen-bond acceptors (Lipinski definition) is 12. The van der Waals surface area contributed by atoms with Crippen LogP contribution in [-0.4, -0.2) is 144 Å². The molecule has 0 bridgehead atoms. The number of ether oxygens (including phenoxy) is 1. The predicted octanol–water partition coefficient (Wildman–Crippen LogP) is 6.45. The Morgan fingerprint density at radius 2 is 0.833 bits per heavy atom. The topological polar surface area (TPSA) is 86.8 Å². The van der Waals surface area contributed by atoms with Crippen LogP contribution in [0.5, 0.6) is 0 Å². The molecule has 2 spiro atoms. The molecule has 0 aliphatic carbocycles. The van der Waals surface area contributed by atoms with Crippen molar-refractivity contribution < 1.29 is 36.4 Å². The molecule has 0 aromatic carbocycles. The van der Waals surface area contributed by atoms with Crippen LogP contribution in [-0.2, 0) is 36.4 Å². The third-order valence-electron chi connectivity index (χ3n) is 9.97. The zero-order valence-corrected chi connectivity index (χ0v) is 34.6. The first-order valence-corrected chi connectivity index (χ1v) is 22.1. The van der Waals surface area contributed by atoms with Crippen LogP contribution >= 0.6 is 15.1 Å². The Morgan fingerprint density at radius 3 is 1.27 bits per heavy atom. The number of nitrogens with zero attached hydrogens (tertiary/aromatic N) is 4. The van der Waals surface area contributed by atoms with Crippen molar-refractivity contribution in [3.63, 3.8) is 0 Å². The first-order valence-electron chi connectivity index (χ1n) is 18.1. The van der Waals surface area contributed by atoms with Gasteiger partial charge in [-0.05, 0) is 0 Å². The average molecular weight is 725 g/mol. The van der Waals surface area contributed by atoms with Crippen molar-refractivity contribution in [3.05, 3.63) is 0 Å². The Kier molecular flexibility index (Phi) is 10.3. The van der Waals surface area contributed by atoms with Crippen molar-refractivity contribution in [1.29, 1.82) is 0 Å². The summed E-state index contributed by atoms with van der Waals surface area (Å²) in [5, 5.41) is 0. The van der Waals surface area contributed by atoms with Gasteiger partial charge < -0.3 is 0 Å². The molecule has 5 heterocycles. The van der Waals surface area contributed by atoms with Gasteiger partial charge in [0.05, 0.1) is 0 Å². The van der Waals surface area contributed by atoms with E-state index in [0.717, 1.165) is 19.6 Å². The van der Waals surface area contributed by atoms with Gasteiger partial charge in [0.15, 0.2) is 0 Å². The van der Waals surface area contributed by atoms with E-state index in [4.69, 9.17) is 36.4 Å². The van der Waals surface area contributed by atoms with Crippen molar-refractivity contribution >= 4 is 15.1 Å². The second-order valence-corrected chi connectivity index (χ2v) is 25.6. The summed E-state index contributed by atoms with van der Waals surface area (Å²) >= 11 is 0. The molecule has 0 atom stereocenters. The third-order valence-corrected chi connectivity index (χ3v) is 18.7. The minimum absolute atomic E-state index is 0.108. The van der Waals surface area contributed by atoms with E-state index in [0.29, 0.717) is 71.9 Å². The predicted molar refractivity (Wildman–Crippen MR) is 194 cm³/mol. The quantitative estimate of drug-likeness (QED) is 0.258. The minimum atomic E-state index is -4.14. The summed E-state index contributed by atoms with van der Waals surface area (Å²) in [5.41, 5.74) is -2.00. The molecule has 5 saturated heterocycles. The van der Waals surface area contributed by atoms with E-state index in [-0.39, 0.29) is 22.3 Å². The van der Waals surface area contributed by atoms with Gasteiger partial charge in [-0.15, -0.1) is 0 Å². The van der Waals surface area contributed by atoms with E-state index in [1.165, 1.54) is 0 Å².